The molecule has 0 spiro atoms. The van der Waals surface area contributed by atoms with Gasteiger partial charge >= 0.3 is 0 Å². The van der Waals surface area contributed by atoms with Crippen molar-refractivity contribution in [3.05, 3.63) is 83.4 Å². The third-order valence-corrected chi connectivity index (χ3v) is 6.09. The van der Waals surface area contributed by atoms with Crippen LogP contribution in [-0.4, -0.2) is 21.4 Å². The molecule has 150 valence electrons. The molecular formula is C22H22N2O4S. The minimum absolute atomic E-state index is 0.0824. The van der Waals surface area contributed by atoms with Gasteiger partial charge in [0.1, 0.15) is 5.75 Å². The van der Waals surface area contributed by atoms with Gasteiger partial charge in [-0.25, -0.2) is 13.1 Å². The van der Waals surface area contributed by atoms with E-state index in [1.807, 2.05) is 36.4 Å². The van der Waals surface area contributed by atoms with Crippen molar-refractivity contribution in [1.82, 2.24) is 4.72 Å². The fourth-order valence-corrected chi connectivity index (χ4v) is 3.88. The smallest absolute Gasteiger partial charge is 0.255 e. The highest BCUT2D eigenvalue weighted by Crippen LogP contribution is 2.30. The van der Waals surface area contributed by atoms with Crippen molar-refractivity contribution >= 4 is 21.6 Å². The van der Waals surface area contributed by atoms with Gasteiger partial charge in [0.15, 0.2) is 5.75 Å². The van der Waals surface area contributed by atoms with Crippen molar-refractivity contribution in [1.29, 1.82) is 0 Å². The molecule has 7 heteroatoms. The maximum absolute atomic E-state index is 12.9. The summed E-state index contributed by atoms with van der Waals surface area (Å²) in [5.74, 6) is 0.700. The lowest BCUT2D eigenvalue weighted by Gasteiger charge is -2.14. The van der Waals surface area contributed by atoms with E-state index in [2.05, 4.69) is 10.0 Å². The SMILES string of the molecule is CNS(=O)(=O)c1cc(C(=O)Nc2ccccc2Oc2ccccc2)cc(C)c1C. The summed E-state index contributed by atoms with van der Waals surface area (Å²) in [5, 5.41) is 2.81. The van der Waals surface area contributed by atoms with Gasteiger partial charge in [-0.3, -0.25) is 4.79 Å². The van der Waals surface area contributed by atoms with E-state index in [0.717, 1.165) is 0 Å². The lowest BCUT2D eigenvalue weighted by molar-refractivity contribution is 0.102. The minimum atomic E-state index is -3.68. The average Bonchev–Trinajstić information content (AvgIpc) is 2.72. The van der Waals surface area contributed by atoms with Gasteiger partial charge in [-0.2, -0.15) is 0 Å². The highest BCUT2D eigenvalue weighted by Gasteiger charge is 2.20. The highest BCUT2D eigenvalue weighted by molar-refractivity contribution is 7.89. The van der Waals surface area contributed by atoms with Crippen molar-refractivity contribution in [2.45, 2.75) is 18.7 Å². The van der Waals surface area contributed by atoms with Crippen LogP contribution in [0.15, 0.2) is 71.6 Å². The Hall–Kier alpha value is -3.16. The number of rotatable bonds is 6. The first-order valence-electron chi connectivity index (χ1n) is 9.00. The molecule has 3 aromatic rings. The lowest BCUT2D eigenvalue weighted by Crippen LogP contribution is -2.21. The zero-order valence-corrected chi connectivity index (χ0v) is 17.2. The van der Waals surface area contributed by atoms with Gasteiger partial charge in [-0.05, 0) is 68.4 Å². The van der Waals surface area contributed by atoms with E-state index in [0.29, 0.717) is 28.3 Å². The van der Waals surface area contributed by atoms with E-state index in [1.165, 1.54) is 13.1 Å². The van der Waals surface area contributed by atoms with Gasteiger partial charge < -0.3 is 10.1 Å². The molecule has 0 aromatic heterocycles. The molecule has 3 rings (SSSR count). The summed E-state index contributed by atoms with van der Waals surface area (Å²) in [6.07, 6.45) is 0. The number of nitrogens with one attached hydrogen (secondary N) is 2. The van der Waals surface area contributed by atoms with E-state index in [1.54, 1.807) is 38.1 Å². The number of benzene rings is 3. The minimum Gasteiger partial charge on any atom is -0.455 e. The summed E-state index contributed by atoms with van der Waals surface area (Å²) in [4.78, 5) is 13.0. The summed E-state index contributed by atoms with van der Waals surface area (Å²) in [7, 11) is -2.34. The molecule has 0 heterocycles. The Morgan fingerprint density at radius 2 is 1.59 bits per heavy atom. The molecule has 0 fully saturated rings. The molecule has 0 aliphatic heterocycles. The fraction of sp³-hybridized carbons (Fsp3) is 0.136. The second-order valence-electron chi connectivity index (χ2n) is 6.49. The lowest BCUT2D eigenvalue weighted by atomic mass is 10.1. The first-order chi connectivity index (χ1) is 13.8. The molecule has 29 heavy (non-hydrogen) atoms. The Kier molecular flexibility index (Phi) is 6.00. The van der Waals surface area contributed by atoms with Gasteiger partial charge in [0.25, 0.3) is 5.91 Å². The summed E-state index contributed by atoms with van der Waals surface area (Å²) >= 11 is 0. The van der Waals surface area contributed by atoms with Crippen LogP contribution in [0.1, 0.15) is 21.5 Å². The Morgan fingerprint density at radius 3 is 2.28 bits per heavy atom. The summed E-state index contributed by atoms with van der Waals surface area (Å²) in [6.45, 7) is 3.48. The van der Waals surface area contributed by atoms with Crippen molar-refractivity contribution in [3.63, 3.8) is 0 Å². The molecule has 0 saturated carbocycles. The van der Waals surface area contributed by atoms with Crippen LogP contribution < -0.4 is 14.8 Å². The molecule has 3 aromatic carbocycles. The summed E-state index contributed by atoms with van der Waals surface area (Å²) < 4.78 is 32.8. The first-order valence-corrected chi connectivity index (χ1v) is 10.5. The van der Waals surface area contributed by atoms with Crippen LogP contribution in [0.25, 0.3) is 0 Å². The quantitative estimate of drug-likeness (QED) is 0.636. The molecule has 0 radical (unpaired) electrons. The van der Waals surface area contributed by atoms with E-state index in [-0.39, 0.29) is 10.5 Å². The second-order valence-corrected chi connectivity index (χ2v) is 8.34. The number of carbonyl (C=O) groups excluding carboxylic acids is 1. The van der Waals surface area contributed by atoms with Crippen LogP contribution >= 0.6 is 0 Å². The largest absolute Gasteiger partial charge is 0.455 e. The number of carbonyl (C=O) groups is 1. The molecule has 2 N–H and O–H groups in total. The number of anilines is 1. The zero-order valence-electron chi connectivity index (χ0n) is 16.4. The molecular weight excluding hydrogens is 388 g/mol. The number of sulfonamides is 1. The van der Waals surface area contributed by atoms with Gasteiger partial charge in [0.05, 0.1) is 10.6 Å². The van der Waals surface area contributed by atoms with E-state index < -0.39 is 15.9 Å². The maximum atomic E-state index is 12.9. The summed E-state index contributed by atoms with van der Waals surface area (Å²) in [5.41, 5.74) is 2.04. The molecule has 0 unspecified atom stereocenters. The van der Waals surface area contributed by atoms with E-state index >= 15 is 0 Å². The average molecular weight is 410 g/mol. The van der Waals surface area contributed by atoms with Crippen LogP contribution in [0.2, 0.25) is 0 Å². The predicted octanol–water partition coefficient (Wildman–Crippen LogP) is 4.26. The molecule has 0 atom stereocenters. The second kappa shape index (κ2) is 8.46. The maximum Gasteiger partial charge on any atom is 0.255 e. The molecule has 6 nitrogen and oxygen atoms in total. The number of para-hydroxylation sites is 3. The normalized spacial score (nSPS) is 11.1. The number of aryl methyl sites for hydroxylation is 1. The monoisotopic (exact) mass is 410 g/mol. The summed E-state index contributed by atoms with van der Waals surface area (Å²) in [6, 6.07) is 19.3. The van der Waals surface area contributed by atoms with Crippen LogP contribution in [0, 0.1) is 13.8 Å². The van der Waals surface area contributed by atoms with Gasteiger partial charge in [-0.15, -0.1) is 0 Å². The topological polar surface area (TPSA) is 84.5 Å². The molecule has 0 aliphatic rings. The fourth-order valence-electron chi connectivity index (χ4n) is 2.82. The van der Waals surface area contributed by atoms with Crippen LogP contribution in [-0.2, 0) is 10.0 Å². The van der Waals surface area contributed by atoms with Crippen LogP contribution in [0.5, 0.6) is 11.5 Å². The Balaban J connectivity index is 1.92. The molecule has 1 amide bonds. The first kappa shape index (κ1) is 20.6. The Labute approximate surface area is 170 Å². The molecule has 0 bridgehead atoms. The van der Waals surface area contributed by atoms with Crippen molar-refractivity contribution in [2.75, 3.05) is 12.4 Å². The number of hydrogen-bond acceptors (Lipinski definition) is 4. The van der Waals surface area contributed by atoms with E-state index in [9.17, 15) is 13.2 Å². The number of amides is 1. The van der Waals surface area contributed by atoms with Crippen molar-refractivity contribution in [2.24, 2.45) is 0 Å². The van der Waals surface area contributed by atoms with Gasteiger partial charge in [0.2, 0.25) is 10.0 Å². The number of ether oxygens (including phenoxy) is 1. The van der Waals surface area contributed by atoms with Crippen LogP contribution in [0.3, 0.4) is 0 Å². The van der Waals surface area contributed by atoms with Crippen LogP contribution in [0.4, 0.5) is 5.69 Å². The van der Waals surface area contributed by atoms with E-state index in [4.69, 9.17) is 4.74 Å². The Bertz CT molecular complexity index is 1140. The van der Waals surface area contributed by atoms with Crippen molar-refractivity contribution in [3.8, 4) is 11.5 Å². The van der Waals surface area contributed by atoms with Crippen molar-refractivity contribution < 1.29 is 17.9 Å². The standard InChI is InChI=1S/C22H22N2O4S/c1-15-13-17(14-21(16(15)2)29(26,27)23-3)22(25)24-19-11-7-8-12-20(19)28-18-9-5-4-6-10-18/h4-14,23H,1-3H3,(H,24,25). The molecule has 0 saturated heterocycles. The zero-order chi connectivity index (χ0) is 21.0. The Morgan fingerprint density at radius 1 is 0.931 bits per heavy atom. The predicted molar refractivity (Wildman–Crippen MR) is 113 cm³/mol. The molecule has 0 aliphatic carbocycles. The highest BCUT2D eigenvalue weighted by atomic mass is 32.2. The number of hydrogen-bond donors (Lipinski definition) is 2. The third-order valence-electron chi connectivity index (χ3n) is 4.55. The van der Waals surface area contributed by atoms with Gasteiger partial charge in [-0.1, -0.05) is 30.3 Å². The van der Waals surface area contributed by atoms with Gasteiger partial charge in [0, 0.05) is 5.56 Å². The third kappa shape index (κ3) is 4.64.